The quantitative estimate of drug-likeness (QED) is 0.776. The van der Waals surface area contributed by atoms with E-state index in [0.29, 0.717) is 18.9 Å². The van der Waals surface area contributed by atoms with Crippen molar-refractivity contribution >= 4 is 5.91 Å². The lowest BCUT2D eigenvalue weighted by molar-refractivity contribution is -0.131. The third kappa shape index (κ3) is 4.83. The van der Waals surface area contributed by atoms with Crippen molar-refractivity contribution in [3.8, 4) is 0 Å². The molecule has 6 nitrogen and oxygen atoms in total. The Morgan fingerprint density at radius 1 is 1.07 bits per heavy atom. The number of aromatic nitrogens is 3. The molecule has 0 aliphatic carbocycles. The number of piperidine rings is 1. The Morgan fingerprint density at radius 2 is 1.83 bits per heavy atom. The number of amides is 1. The Morgan fingerprint density at radius 3 is 2.59 bits per heavy atom. The topological polar surface area (TPSA) is 54.3 Å². The second-order valence-corrected chi connectivity index (χ2v) is 8.31. The predicted octanol–water partition coefficient (Wildman–Crippen LogP) is 2.63. The average Bonchev–Trinajstić information content (AvgIpc) is 3.01. The lowest BCUT2D eigenvalue weighted by Gasteiger charge is -2.28. The van der Waals surface area contributed by atoms with Crippen LogP contribution in [0.15, 0.2) is 24.3 Å². The summed E-state index contributed by atoms with van der Waals surface area (Å²) in [6.45, 7) is 4.42. The Hall–Kier alpha value is -2.28. The second-order valence-electron chi connectivity index (χ2n) is 8.31. The molecule has 2 aliphatic rings. The summed E-state index contributed by atoms with van der Waals surface area (Å²) in [6.07, 6.45) is 5.13. The van der Waals surface area contributed by atoms with Crippen LogP contribution in [0.2, 0.25) is 0 Å². The van der Waals surface area contributed by atoms with Crippen LogP contribution in [0.3, 0.4) is 0 Å². The molecule has 1 aromatic carbocycles. The lowest BCUT2D eigenvalue weighted by atomic mass is 9.96. The van der Waals surface area contributed by atoms with E-state index in [1.54, 1.807) is 12.1 Å². The molecular weight excluding hydrogens is 369 g/mol. The number of halogens is 1. The molecule has 0 radical (unpaired) electrons. The van der Waals surface area contributed by atoms with Crippen molar-refractivity contribution in [2.24, 2.45) is 0 Å². The van der Waals surface area contributed by atoms with E-state index in [-0.39, 0.29) is 11.7 Å². The number of aryl methyl sites for hydroxylation is 1. The molecule has 2 aliphatic heterocycles. The molecule has 29 heavy (non-hydrogen) atoms. The van der Waals surface area contributed by atoms with E-state index in [9.17, 15) is 9.18 Å². The zero-order chi connectivity index (χ0) is 20.2. The first kappa shape index (κ1) is 20.0. The van der Waals surface area contributed by atoms with Crippen molar-refractivity contribution in [3.63, 3.8) is 0 Å². The third-order valence-electron chi connectivity index (χ3n) is 6.26. The average molecular weight is 400 g/mol. The molecule has 4 rings (SSSR count). The van der Waals surface area contributed by atoms with Crippen LogP contribution >= 0.6 is 0 Å². The smallest absolute Gasteiger partial charge is 0.222 e. The number of nitrogens with zero attached hydrogens (tertiary/aromatic N) is 5. The van der Waals surface area contributed by atoms with Crippen LogP contribution in [0.4, 0.5) is 4.39 Å². The first-order valence-electron chi connectivity index (χ1n) is 10.7. The molecule has 0 bridgehead atoms. The van der Waals surface area contributed by atoms with Crippen LogP contribution in [-0.2, 0) is 24.2 Å². The van der Waals surface area contributed by atoms with Gasteiger partial charge in [0.15, 0.2) is 0 Å². The zero-order valence-corrected chi connectivity index (χ0v) is 17.2. The summed E-state index contributed by atoms with van der Waals surface area (Å²) < 4.78 is 15.3. The van der Waals surface area contributed by atoms with Crippen LogP contribution in [0.1, 0.15) is 48.8 Å². The SMILES string of the molecule is CN1CCC(c2nnc3n2CCN(C(=O)CCCc2ccc(F)cc2)CC3)CC1. The van der Waals surface area contributed by atoms with Gasteiger partial charge in [-0.05, 0) is 63.5 Å². The number of rotatable bonds is 5. The number of carbonyl (C=O) groups is 1. The molecule has 2 aromatic rings. The van der Waals surface area contributed by atoms with Gasteiger partial charge in [0.05, 0.1) is 0 Å². The Kier molecular flexibility index (Phi) is 6.23. The molecule has 1 saturated heterocycles. The van der Waals surface area contributed by atoms with Crippen molar-refractivity contribution in [2.75, 3.05) is 33.2 Å². The summed E-state index contributed by atoms with van der Waals surface area (Å²) in [6, 6.07) is 6.54. The third-order valence-corrected chi connectivity index (χ3v) is 6.26. The Balaban J connectivity index is 1.30. The largest absolute Gasteiger partial charge is 0.340 e. The lowest BCUT2D eigenvalue weighted by Crippen LogP contribution is -2.34. The van der Waals surface area contributed by atoms with Crippen molar-refractivity contribution in [2.45, 2.75) is 51.0 Å². The molecule has 0 unspecified atom stereocenters. The Bertz CT molecular complexity index is 826. The fourth-order valence-corrected chi connectivity index (χ4v) is 4.42. The molecule has 1 fully saturated rings. The maximum absolute atomic E-state index is 13.0. The van der Waals surface area contributed by atoms with E-state index in [2.05, 4.69) is 26.7 Å². The van der Waals surface area contributed by atoms with Gasteiger partial charge in [0.2, 0.25) is 5.91 Å². The van der Waals surface area contributed by atoms with Gasteiger partial charge in [-0.15, -0.1) is 10.2 Å². The molecule has 1 aromatic heterocycles. The molecule has 0 atom stereocenters. The summed E-state index contributed by atoms with van der Waals surface area (Å²) in [5.74, 6) is 2.58. The van der Waals surface area contributed by atoms with Gasteiger partial charge in [-0.3, -0.25) is 4.79 Å². The van der Waals surface area contributed by atoms with Gasteiger partial charge >= 0.3 is 0 Å². The second kappa shape index (κ2) is 9.03. The molecule has 7 heteroatoms. The number of hydrogen-bond acceptors (Lipinski definition) is 4. The minimum atomic E-state index is -0.221. The first-order valence-corrected chi connectivity index (χ1v) is 10.7. The summed E-state index contributed by atoms with van der Waals surface area (Å²) in [5.41, 5.74) is 1.07. The fraction of sp³-hybridized carbons (Fsp3) is 0.591. The van der Waals surface area contributed by atoms with Crippen molar-refractivity contribution in [3.05, 3.63) is 47.3 Å². The van der Waals surface area contributed by atoms with Gasteiger partial charge < -0.3 is 14.4 Å². The molecule has 3 heterocycles. The van der Waals surface area contributed by atoms with Gasteiger partial charge in [-0.2, -0.15) is 0 Å². The zero-order valence-electron chi connectivity index (χ0n) is 17.2. The van der Waals surface area contributed by atoms with Gasteiger partial charge in [0, 0.05) is 38.4 Å². The van der Waals surface area contributed by atoms with Gasteiger partial charge in [-0.25, -0.2) is 4.39 Å². The van der Waals surface area contributed by atoms with Gasteiger partial charge in [0.1, 0.15) is 17.5 Å². The number of hydrogen-bond donors (Lipinski definition) is 0. The van der Waals surface area contributed by atoms with E-state index < -0.39 is 0 Å². The van der Waals surface area contributed by atoms with Crippen LogP contribution < -0.4 is 0 Å². The van der Waals surface area contributed by atoms with Crippen molar-refractivity contribution in [1.29, 1.82) is 0 Å². The van der Waals surface area contributed by atoms with Gasteiger partial charge in [0.25, 0.3) is 0 Å². The summed E-state index contributed by atoms with van der Waals surface area (Å²) in [4.78, 5) is 17.0. The maximum atomic E-state index is 13.0. The minimum Gasteiger partial charge on any atom is -0.340 e. The number of benzene rings is 1. The van der Waals surface area contributed by atoms with E-state index in [1.165, 1.54) is 12.1 Å². The Labute approximate surface area is 171 Å². The molecule has 0 N–H and O–H groups in total. The van der Waals surface area contributed by atoms with Crippen molar-refractivity contribution in [1.82, 2.24) is 24.6 Å². The molecule has 0 spiro atoms. The highest BCUT2D eigenvalue weighted by atomic mass is 19.1. The van der Waals surface area contributed by atoms with Gasteiger partial charge in [-0.1, -0.05) is 12.1 Å². The predicted molar refractivity (Wildman–Crippen MR) is 109 cm³/mol. The molecule has 1 amide bonds. The minimum absolute atomic E-state index is 0.201. The first-order chi connectivity index (χ1) is 14.1. The summed E-state index contributed by atoms with van der Waals surface area (Å²) in [5, 5.41) is 8.96. The van der Waals surface area contributed by atoms with E-state index >= 15 is 0 Å². The highest BCUT2D eigenvalue weighted by Crippen LogP contribution is 2.27. The van der Waals surface area contributed by atoms with Crippen molar-refractivity contribution < 1.29 is 9.18 Å². The molecule has 0 saturated carbocycles. The monoisotopic (exact) mass is 399 g/mol. The molecular formula is C22H30FN5O. The van der Waals surface area contributed by atoms with Crippen LogP contribution in [0, 0.1) is 5.82 Å². The molecule has 156 valence electrons. The van der Waals surface area contributed by atoms with Crippen LogP contribution in [0.25, 0.3) is 0 Å². The van der Waals surface area contributed by atoms with E-state index in [1.807, 2.05) is 4.90 Å². The van der Waals surface area contributed by atoms with Crippen LogP contribution in [0.5, 0.6) is 0 Å². The highest BCUT2D eigenvalue weighted by molar-refractivity contribution is 5.76. The highest BCUT2D eigenvalue weighted by Gasteiger charge is 2.27. The van der Waals surface area contributed by atoms with E-state index in [0.717, 1.165) is 75.5 Å². The summed E-state index contributed by atoms with van der Waals surface area (Å²) in [7, 11) is 2.17. The van der Waals surface area contributed by atoms with Crippen LogP contribution in [-0.4, -0.2) is 63.7 Å². The summed E-state index contributed by atoms with van der Waals surface area (Å²) >= 11 is 0. The number of likely N-dealkylation sites (tertiary alicyclic amines) is 1. The number of fused-ring (bicyclic) bond motifs is 1. The maximum Gasteiger partial charge on any atom is 0.222 e. The normalized spacial score (nSPS) is 18.5. The number of carbonyl (C=O) groups excluding carboxylic acids is 1. The fourth-order valence-electron chi connectivity index (χ4n) is 4.42. The standard InChI is InChI=1S/C22H30FN5O/c1-26-12-9-18(10-13-26)22-25-24-20-11-14-27(15-16-28(20)22)21(29)4-2-3-17-5-7-19(23)8-6-17/h5-8,18H,2-4,9-16H2,1H3. The van der Waals surface area contributed by atoms with E-state index in [4.69, 9.17) is 0 Å².